The van der Waals surface area contributed by atoms with Gasteiger partial charge in [0.25, 0.3) is 0 Å². The number of carbonyl (C=O) groups is 3. The van der Waals surface area contributed by atoms with Crippen molar-refractivity contribution in [2.24, 2.45) is 5.92 Å². The summed E-state index contributed by atoms with van der Waals surface area (Å²) in [6.07, 6.45) is 2.89. The van der Waals surface area contributed by atoms with Crippen molar-refractivity contribution in [1.29, 1.82) is 0 Å². The Labute approximate surface area is 205 Å². The van der Waals surface area contributed by atoms with Gasteiger partial charge in [-0.25, -0.2) is 4.79 Å². The molecule has 0 spiro atoms. The highest BCUT2D eigenvalue weighted by atomic mass is 16.6. The predicted octanol–water partition coefficient (Wildman–Crippen LogP) is 4.80. The topological polar surface area (TPSA) is 87.7 Å². The van der Waals surface area contributed by atoms with E-state index in [1.165, 1.54) is 0 Å². The largest absolute Gasteiger partial charge is 0.444 e. The summed E-state index contributed by atoms with van der Waals surface area (Å²) >= 11 is 0. The molecule has 7 heteroatoms. The summed E-state index contributed by atoms with van der Waals surface area (Å²) in [4.78, 5) is 41.7. The molecule has 1 aliphatic rings. The Kier molecular flexibility index (Phi) is 9.54. The molecule has 34 heavy (non-hydrogen) atoms. The van der Waals surface area contributed by atoms with E-state index in [-0.39, 0.29) is 23.8 Å². The van der Waals surface area contributed by atoms with E-state index in [0.717, 1.165) is 42.4 Å². The van der Waals surface area contributed by atoms with Crippen molar-refractivity contribution < 1.29 is 19.1 Å². The van der Waals surface area contributed by atoms with E-state index in [9.17, 15) is 14.4 Å². The van der Waals surface area contributed by atoms with Crippen LogP contribution in [0.15, 0.2) is 18.2 Å². The lowest BCUT2D eigenvalue weighted by Gasteiger charge is -2.36. The molecule has 190 valence electrons. The summed E-state index contributed by atoms with van der Waals surface area (Å²) in [5, 5.41) is 5.81. The molecule has 2 rings (SSSR count). The van der Waals surface area contributed by atoms with Crippen LogP contribution in [0.3, 0.4) is 0 Å². The first kappa shape index (κ1) is 27.7. The van der Waals surface area contributed by atoms with E-state index in [0.29, 0.717) is 6.54 Å². The van der Waals surface area contributed by atoms with Gasteiger partial charge < -0.3 is 20.3 Å². The number of rotatable bonds is 10. The molecule has 0 aliphatic heterocycles. The fraction of sp³-hybridized carbons (Fsp3) is 0.667. The minimum Gasteiger partial charge on any atom is -0.444 e. The molecular formula is C27H43N3O4. The van der Waals surface area contributed by atoms with Crippen LogP contribution >= 0.6 is 0 Å². The third-order valence-corrected chi connectivity index (χ3v) is 5.88. The lowest BCUT2D eigenvalue weighted by atomic mass is 9.95. The first-order valence-corrected chi connectivity index (χ1v) is 12.5. The highest BCUT2D eigenvalue weighted by Gasteiger charge is 2.45. The third-order valence-electron chi connectivity index (χ3n) is 5.88. The third kappa shape index (κ3) is 7.74. The molecule has 0 heterocycles. The van der Waals surface area contributed by atoms with E-state index >= 15 is 0 Å². The molecule has 1 aliphatic carbocycles. The Morgan fingerprint density at radius 3 is 2.29 bits per heavy atom. The minimum atomic E-state index is -0.799. The molecule has 3 amide bonds. The molecule has 2 atom stereocenters. The van der Waals surface area contributed by atoms with Gasteiger partial charge in [0.1, 0.15) is 17.7 Å². The highest BCUT2D eigenvalue weighted by Crippen LogP contribution is 2.37. The van der Waals surface area contributed by atoms with Crippen molar-refractivity contribution in [2.75, 3.05) is 6.54 Å². The van der Waals surface area contributed by atoms with E-state index in [1.54, 1.807) is 25.7 Å². The average Bonchev–Trinajstić information content (AvgIpc) is 3.54. The molecular weight excluding hydrogens is 430 g/mol. The SMILES string of the molecule is CCCCNC(=O)C(c1ccc(C)cc1C)N(C(=O)C(NC(=O)OC(C)(C)C)C(C)C)C1CC1. The minimum absolute atomic E-state index is 0.0307. The number of carbonyl (C=O) groups excluding carboxylic acids is 3. The number of ether oxygens (including phenoxy) is 1. The number of hydrogen-bond donors (Lipinski definition) is 2. The zero-order chi connectivity index (χ0) is 25.6. The summed E-state index contributed by atoms with van der Waals surface area (Å²) in [7, 11) is 0. The van der Waals surface area contributed by atoms with Gasteiger partial charge in [0.05, 0.1) is 0 Å². The van der Waals surface area contributed by atoms with Crippen molar-refractivity contribution in [3.63, 3.8) is 0 Å². The lowest BCUT2D eigenvalue weighted by Crippen LogP contribution is -2.55. The van der Waals surface area contributed by atoms with E-state index in [4.69, 9.17) is 4.74 Å². The molecule has 2 unspecified atom stereocenters. The van der Waals surface area contributed by atoms with Gasteiger partial charge in [0.15, 0.2) is 0 Å². The second-order valence-electron chi connectivity index (χ2n) is 10.8. The van der Waals surface area contributed by atoms with Gasteiger partial charge in [-0.15, -0.1) is 0 Å². The first-order valence-electron chi connectivity index (χ1n) is 12.5. The van der Waals surface area contributed by atoms with Crippen LogP contribution in [-0.4, -0.2) is 47.0 Å². The second kappa shape index (κ2) is 11.7. The van der Waals surface area contributed by atoms with Gasteiger partial charge in [0.2, 0.25) is 11.8 Å². The van der Waals surface area contributed by atoms with Gasteiger partial charge in [0, 0.05) is 12.6 Å². The maximum absolute atomic E-state index is 14.0. The molecule has 0 aromatic heterocycles. The molecule has 1 saturated carbocycles. The zero-order valence-electron chi connectivity index (χ0n) is 22.2. The molecule has 1 aromatic carbocycles. The normalized spacial score (nSPS) is 15.4. The number of alkyl carbamates (subject to hydrolysis) is 1. The van der Waals surface area contributed by atoms with E-state index in [2.05, 4.69) is 17.6 Å². The number of hydrogen-bond acceptors (Lipinski definition) is 4. The smallest absolute Gasteiger partial charge is 0.408 e. The molecule has 0 bridgehead atoms. The summed E-state index contributed by atoms with van der Waals surface area (Å²) < 4.78 is 5.41. The van der Waals surface area contributed by atoms with E-state index in [1.807, 2.05) is 45.9 Å². The number of unbranched alkanes of at least 4 members (excludes halogenated alkanes) is 1. The molecule has 7 nitrogen and oxygen atoms in total. The van der Waals surface area contributed by atoms with Gasteiger partial charge in [-0.05, 0) is 70.9 Å². The molecule has 0 saturated heterocycles. The standard InChI is InChI=1S/C27H43N3O4/c1-9-10-15-28-24(31)23(21-14-11-18(4)16-19(21)5)30(20-12-13-20)25(32)22(17(2)3)29-26(33)34-27(6,7)8/h11,14,16-17,20,22-23H,9-10,12-13,15H2,1-8H3,(H,28,31)(H,29,33). The average molecular weight is 474 g/mol. The summed E-state index contributed by atoms with van der Waals surface area (Å²) in [5.41, 5.74) is 2.21. The van der Waals surface area contributed by atoms with Gasteiger partial charge >= 0.3 is 6.09 Å². The van der Waals surface area contributed by atoms with Crippen LogP contribution in [0.2, 0.25) is 0 Å². The number of aryl methyl sites for hydroxylation is 2. The summed E-state index contributed by atoms with van der Waals surface area (Å²) in [6.45, 7) is 15.7. The Bertz CT molecular complexity index is 871. The van der Waals surface area contributed by atoms with Crippen LogP contribution < -0.4 is 10.6 Å². The van der Waals surface area contributed by atoms with Gasteiger partial charge in [-0.1, -0.05) is 51.0 Å². The monoisotopic (exact) mass is 473 g/mol. The fourth-order valence-corrected chi connectivity index (χ4v) is 4.01. The van der Waals surface area contributed by atoms with Crippen LogP contribution in [0.4, 0.5) is 4.79 Å². The summed E-state index contributed by atoms with van der Waals surface area (Å²) in [6, 6.07) is 4.38. The zero-order valence-corrected chi connectivity index (χ0v) is 22.2. The number of benzene rings is 1. The van der Waals surface area contributed by atoms with Crippen molar-refractivity contribution in [1.82, 2.24) is 15.5 Å². The van der Waals surface area contributed by atoms with Crippen LogP contribution in [0.25, 0.3) is 0 Å². The van der Waals surface area contributed by atoms with Crippen molar-refractivity contribution in [3.8, 4) is 0 Å². The van der Waals surface area contributed by atoms with E-state index < -0.39 is 23.8 Å². The van der Waals surface area contributed by atoms with Crippen LogP contribution in [0, 0.1) is 19.8 Å². The van der Waals surface area contributed by atoms with Crippen LogP contribution in [-0.2, 0) is 14.3 Å². The number of nitrogens with zero attached hydrogens (tertiary/aromatic N) is 1. The fourth-order valence-electron chi connectivity index (χ4n) is 4.01. The second-order valence-corrected chi connectivity index (χ2v) is 10.8. The number of amides is 3. The highest BCUT2D eigenvalue weighted by molar-refractivity contribution is 5.93. The molecule has 0 radical (unpaired) electrons. The Morgan fingerprint density at radius 1 is 1.15 bits per heavy atom. The first-order chi connectivity index (χ1) is 15.9. The molecule has 2 N–H and O–H groups in total. The molecule has 1 fully saturated rings. The van der Waals surface area contributed by atoms with Crippen molar-refractivity contribution in [2.45, 2.75) is 105 Å². The Hall–Kier alpha value is -2.57. The van der Waals surface area contributed by atoms with Crippen LogP contribution in [0.5, 0.6) is 0 Å². The lowest BCUT2D eigenvalue weighted by molar-refractivity contribution is -0.144. The summed E-state index contributed by atoms with van der Waals surface area (Å²) in [5.74, 6) is -0.608. The van der Waals surface area contributed by atoms with Gasteiger partial charge in [-0.3, -0.25) is 9.59 Å². The van der Waals surface area contributed by atoms with Gasteiger partial charge in [-0.2, -0.15) is 0 Å². The Morgan fingerprint density at radius 2 is 1.79 bits per heavy atom. The maximum atomic E-state index is 14.0. The van der Waals surface area contributed by atoms with Crippen LogP contribution in [0.1, 0.15) is 90.0 Å². The Balaban J connectivity index is 2.43. The van der Waals surface area contributed by atoms with Crippen molar-refractivity contribution >= 4 is 17.9 Å². The maximum Gasteiger partial charge on any atom is 0.408 e. The number of nitrogens with one attached hydrogen (secondary N) is 2. The predicted molar refractivity (Wildman–Crippen MR) is 134 cm³/mol. The quantitative estimate of drug-likeness (QED) is 0.478. The molecule has 1 aromatic rings. The van der Waals surface area contributed by atoms with Crippen molar-refractivity contribution in [3.05, 3.63) is 34.9 Å².